The van der Waals surface area contributed by atoms with E-state index < -0.39 is 5.54 Å². The lowest BCUT2D eigenvalue weighted by atomic mass is 9.85. The molecule has 0 bridgehead atoms. The lowest BCUT2D eigenvalue weighted by Gasteiger charge is -2.44. The minimum Gasteiger partial charge on any atom is -0.309 e. The molecular formula is C25H32N4O2S. The molecule has 1 spiro atoms. The van der Waals surface area contributed by atoms with E-state index >= 15 is 0 Å². The molecule has 0 radical (unpaired) electrons. The van der Waals surface area contributed by atoms with Crippen LogP contribution in [0.25, 0.3) is 0 Å². The summed E-state index contributed by atoms with van der Waals surface area (Å²) in [6.45, 7) is 4.75. The van der Waals surface area contributed by atoms with Gasteiger partial charge in [0, 0.05) is 43.8 Å². The Morgan fingerprint density at radius 3 is 2.44 bits per heavy atom. The van der Waals surface area contributed by atoms with Crippen molar-refractivity contribution in [1.82, 2.24) is 19.7 Å². The van der Waals surface area contributed by atoms with Gasteiger partial charge in [-0.3, -0.25) is 19.6 Å². The first-order valence-electron chi connectivity index (χ1n) is 11.3. The largest absolute Gasteiger partial charge is 0.328 e. The zero-order valence-electron chi connectivity index (χ0n) is 18.9. The molecule has 170 valence electrons. The van der Waals surface area contributed by atoms with Crippen molar-refractivity contribution in [3.8, 4) is 0 Å². The average molecular weight is 453 g/mol. The number of thioether (sulfide) groups is 1. The van der Waals surface area contributed by atoms with Crippen molar-refractivity contribution in [2.24, 2.45) is 0 Å². The number of pyridine rings is 1. The van der Waals surface area contributed by atoms with Crippen molar-refractivity contribution < 1.29 is 9.59 Å². The summed E-state index contributed by atoms with van der Waals surface area (Å²) in [5.74, 6) is 1.03. The van der Waals surface area contributed by atoms with Crippen LogP contribution < -0.4 is 0 Å². The molecule has 1 atom stereocenters. The summed E-state index contributed by atoms with van der Waals surface area (Å²) in [6, 6.07) is 14.2. The van der Waals surface area contributed by atoms with Crippen molar-refractivity contribution >= 4 is 23.7 Å². The molecule has 2 fully saturated rings. The van der Waals surface area contributed by atoms with E-state index in [0.29, 0.717) is 25.4 Å². The van der Waals surface area contributed by atoms with Crippen LogP contribution in [-0.2, 0) is 17.8 Å². The highest BCUT2D eigenvalue weighted by Gasteiger charge is 2.57. The quantitative estimate of drug-likeness (QED) is 0.572. The number of imide groups is 1. The molecule has 0 saturated carbocycles. The number of hydrogen-bond acceptors (Lipinski definition) is 5. The Morgan fingerprint density at radius 2 is 1.78 bits per heavy atom. The fourth-order valence-corrected chi connectivity index (χ4v) is 5.65. The molecule has 3 amide bonds. The fraction of sp³-hybridized carbons (Fsp3) is 0.480. The van der Waals surface area contributed by atoms with Crippen molar-refractivity contribution in [3.63, 3.8) is 0 Å². The van der Waals surface area contributed by atoms with Crippen LogP contribution >= 0.6 is 11.8 Å². The highest BCUT2D eigenvalue weighted by molar-refractivity contribution is 7.98. The van der Waals surface area contributed by atoms with Gasteiger partial charge in [-0.25, -0.2) is 4.79 Å². The van der Waals surface area contributed by atoms with Crippen LogP contribution in [-0.4, -0.2) is 74.8 Å². The zero-order valence-corrected chi connectivity index (χ0v) is 19.8. The first-order valence-corrected chi connectivity index (χ1v) is 12.7. The van der Waals surface area contributed by atoms with Crippen LogP contribution in [0.3, 0.4) is 0 Å². The van der Waals surface area contributed by atoms with Crippen molar-refractivity contribution in [2.45, 2.75) is 44.3 Å². The summed E-state index contributed by atoms with van der Waals surface area (Å²) in [5.41, 5.74) is 1.32. The summed E-state index contributed by atoms with van der Waals surface area (Å²) in [5, 5.41) is 0. The molecule has 1 aromatic carbocycles. The third-order valence-electron chi connectivity index (χ3n) is 6.81. The lowest BCUT2D eigenvalue weighted by Crippen LogP contribution is -2.58. The fourth-order valence-electron chi connectivity index (χ4n) is 4.96. The van der Waals surface area contributed by atoms with Crippen molar-refractivity contribution in [2.75, 3.05) is 31.6 Å². The molecule has 1 aromatic heterocycles. The van der Waals surface area contributed by atoms with Crippen LogP contribution in [0, 0.1) is 0 Å². The molecule has 4 rings (SSSR count). The van der Waals surface area contributed by atoms with E-state index in [1.807, 2.05) is 47.0 Å². The number of rotatable bonds is 8. The number of carbonyl (C=O) groups is 2. The summed E-state index contributed by atoms with van der Waals surface area (Å²) < 4.78 is 0. The van der Waals surface area contributed by atoms with Gasteiger partial charge >= 0.3 is 6.03 Å². The van der Waals surface area contributed by atoms with E-state index in [4.69, 9.17) is 0 Å². The van der Waals surface area contributed by atoms with Gasteiger partial charge in [0.05, 0.1) is 6.54 Å². The highest BCUT2D eigenvalue weighted by atomic mass is 32.2. The molecule has 2 aliphatic rings. The molecule has 3 heterocycles. The van der Waals surface area contributed by atoms with Gasteiger partial charge in [-0.15, -0.1) is 0 Å². The predicted octanol–water partition coefficient (Wildman–Crippen LogP) is 3.67. The predicted molar refractivity (Wildman–Crippen MR) is 128 cm³/mol. The maximum Gasteiger partial charge on any atom is 0.328 e. The van der Waals surface area contributed by atoms with Crippen LogP contribution in [0.15, 0.2) is 54.9 Å². The van der Waals surface area contributed by atoms with Crippen LogP contribution in [0.1, 0.15) is 30.9 Å². The Bertz CT molecular complexity index is 916. The SMILES string of the molecule is CSCC(C)N1CCC2(CC1)C(=O)N(Cc1cccnc1)C(=O)N2CCc1ccccc1. The second kappa shape index (κ2) is 10.0. The third-order valence-corrected chi connectivity index (χ3v) is 7.62. The Morgan fingerprint density at radius 1 is 1.06 bits per heavy atom. The van der Waals surface area contributed by atoms with Gasteiger partial charge in [0.2, 0.25) is 0 Å². The number of urea groups is 1. The van der Waals surface area contributed by atoms with Gasteiger partial charge in [0.25, 0.3) is 5.91 Å². The smallest absolute Gasteiger partial charge is 0.309 e. The maximum atomic E-state index is 13.7. The van der Waals surface area contributed by atoms with Crippen LogP contribution in [0.4, 0.5) is 4.79 Å². The third kappa shape index (κ3) is 4.55. The first kappa shape index (κ1) is 22.8. The second-order valence-corrected chi connectivity index (χ2v) is 9.70. The average Bonchev–Trinajstić information content (AvgIpc) is 3.01. The van der Waals surface area contributed by atoms with Gasteiger partial charge in [0.1, 0.15) is 5.54 Å². The number of likely N-dealkylation sites (tertiary alicyclic amines) is 1. The molecule has 7 heteroatoms. The normalized spacial score (nSPS) is 19.7. The standard InChI is InChI=1S/C25H32N4O2S/c1-20(19-32-2)27-15-11-25(12-16-27)23(30)28(18-22-9-6-13-26-17-22)24(31)29(25)14-10-21-7-4-3-5-8-21/h3-9,13,17,20H,10-12,14-16,18-19H2,1-2H3. The number of nitrogens with zero attached hydrogens (tertiary/aromatic N) is 4. The summed E-state index contributed by atoms with van der Waals surface area (Å²) >= 11 is 1.85. The molecule has 32 heavy (non-hydrogen) atoms. The number of hydrogen-bond donors (Lipinski definition) is 0. The van der Waals surface area contributed by atoms with E-state index in [1.165, 1.54) is 10.5 Å². The second-order valence-electron chi connectivity index (χ2n) is 8.79. The molecule has 2 aliphatic heterocycles. The van der Waals surface area contributed by atoms with Crippen LogP contribution in [0.5, 0.6) is 0 Å². The van der Waals surface area contributed by atoms with Crippen molar-refractivity contribution in [3.05, 3.63) is 66.0 Å². The number of amides is 3. The highest BCUT2D eigenvalue weighted by Crippen LogP contribution is 2.38. The minimum atomic E-state index is -0.732. The summed E-state index contributed by atoms with van der Waals surface area (Å²) in [6.07, 6.45) is 7.68. The van der Waals surface area contributed by atoms with Gasteiger partial charge < -0.3 is 4.90 Å². The molecule has 0 aliphatic carbocycles. The van der Waals surface area contributed by atoms with E-state index in [-0.39, 0.29) is 18.5 Å². The summed E-state index contributed by atoms with van der Waals surface area (Å²) in [4.78, 5) is 37.2. The number of carbonyl (C=O) groups excluding carboxylic acids is 2. The zero-order chi connectivity index (χ0) is 22.6. The molecule has 1 unspecified atom stereocenters. The molecule has 0 N–H and O–H groups in total. The minimum absolute atomic E-state index is 0.0448. The first-order chi connectivity index (χ1) is 15.5. The Labute approximate surface area is 195 Å². The topological polar surface area (TPSA) is 56.8 Å². The number of aromatic nitrogens is 1. The Balaban J connectivity index is 1.56. The molecule has 6 nitrogen and oxygen atoms in total. The Hall–Kier alpha value is -2.38. The Kier molecular flexibility index (Phi) is 7.16. The van der Waals surface area contributed by atoms with Gasteiger partial charge in [0.15, 0.2) is 0 Å². The van der Waals surface area contributed by atoms with E-state index in [2.05, 4.69) is 35.2 Å². The lowest BCUT2D eigenvalue weighted by molar-refractivity contribution is -0.136. The van der Waals surface area contributed by atoms with E-state index in [0.717, 1.165) is 30.8 Å². The number of piperidine rings is 1. The van der Waals surface area contributed by atoms with Gasteiger partial charge in [-0.1, -0.05) is 36.4 Å². The maximum absolute atomic E-state index is 13.7. The monoisotopic (exact) mass is 452 g/mol. The molecule has 2 saturated heterocycles. The van der Waals surface area contributed by atoms with E-state index in [9.17, 15) is 9.59 Å². The molecular weight excluding hydrogens is 420 g/mol. The van der Waals surface area contributed by atoms with Crippen LogP contribution in [0.2, 0.25) is 0 Å². The van der Waals surface area contributed by atoms with E-state index in [1.54, 1.807) is 12.4 Å². The van der Waals surface area contributed by atoms with Gasteiger partial charge in [-0.2, -0.15) is 11.8 Å². The molecule has 2 aromatic rings. The number of benzene rings is 1. The van der Waals surface area contributed by atoms with Crippen molar-refractivity contribution in [1.29, 1.82) is 0 Å². The van der Waals surface area contributed by atoms with Gasteiger partial charge in [-0.05, 0) is 49.6 Å². The summed E-state index contributed by atoms with van der Waals surface area (Å²) in [7, 11) is 0.